The van der Waals surface area contributed by atoms with E-state index >= 15 is 13.2 Å². The number of Topliss-reactive ketones (excluding diaryl/α,β-unsaturated/α-hetero) is 1. The zero-order valence-electron chi connectivity index (χ0n) is 28.5. The van der Waals surface area contributed by atoms with E-state index < -0.39 is 75.9 Å². The molecule has 0 saturated heterocycles. The van der Waals surface area contributed by atoms with Crippen LogP contribution in [0.4, 0.5) is 18.9 Å². The van der Waals surface area contributed by atoms with Crippen LogP contribution in [0, 0.1) is 22.9 Å². The summed E-state index contributed by atoms with van der Waals surface area (Å²) in [6.07, 6.45) is 0.986. The van der Waals surface area contributed by atoms with E-state index in [0.717, 1.165) is 4.68 Å². The van der Waals surface area contributed by atoms with E-state index in [1.54, 1.807) is 6.92 Å². The minimum absolute atomic E-state index is 0. The number of nitrogens with two attached hydrogens (primary N) is 1. The van der Waals surface area contributed by atoms with Gasteiger partial charge in [0.25, 0.3) is 5.91 Å². The third-order valence-electron chi connectivity index (χ3n) is 8.51. The molecular formula is C33H45ClF3N5O6. The molecule has 15 heteroatoms. The summed E-state index contributed by atoms with van der Waals surface area (Å²) in [5, 5.41) is 7.21. The summed E-state index contributed by atoms with van der Waals surface area (Å²) >= 11 is 0. The highest BCUT2D eigenvalue weighted by molar-refractivity contribution is 6.01. The molecule has 1 aromatic carbocycles. The number of likely N-dealkylation sites (N-methyl/N-ethyl adjacent to an activating group) is 1. The number of aryl methyl sites for hydroxylation is 1. The second-order valence-electron chi connectivity index (χ2n) is 14.4. The summed E-state index contributed by atoms with van der Waals surface area (Å²) in [5.74, 6) is -7.12. The summed E-state index contributed by atoms with van der Waals surface area (Å²) < 4.78 is 60.0. The fourth-order valence-electron chi connectivity index (χ4n) is 6.60. The van der Waals surface area contributed by atoms with Crippen molar-refractivity contribution >= 4 is 29.3 Å². The van der Waals surface area contributed by atoms with E-state index in [2.05, 4.69) is 10.4 Å². The van der Waals surface area contributed by atoms with Crippen LogP contribution in [0.25, 0.3) is 5.69 Å². The number of esters is 2. The molecule has 0 aliphatic heterocycles. The number of carbonyl (C=O) groups is 4. The van der Waals surface area contributed by atoms with Crippen molar-refractivity contribution in [2.45, 2.75) is 97.3 Å². The topological polar surface area (TPSA) is 143 Å². The number of nitrogens with zero attached hydrogens (tertiary/aromatic N) is 3. The van der Waals surface area contributed by atoms with Crippen LogP contribution in [0.5, 0.6) is 0 Å². The Balaban J connectivity index is 0.00000625. The number of quaternary nitrogens is 1. The minimum Gasteiger partial charge on any atom is -1.00 e. The van der Waals surface area contributed by atoms with Crippen molar-refractivity contribution in [3.63, 3.8) is 0 Å². The molecule has 1 heterocycles. The summed E-state index contributed by atoms with van der Waals surface area (Å²) in [6, 6.07) is -0.500. The number of aromatic nitrogens is 2. The van der Waals surface area contributed by atoms with Gasteiger partial charge in [0, 0.05) is 19.4 Å². The smallest absolute Gasteiger partial charge is 0.310 e. The Morgan fingerprint density at radius 1 is 1.06 bits per heavy atom. The van der Waals surface area contributed by atoms with Gasteiger partial charge in [-0.25, -0.2) is 17.9 Å². The number of fused-ring (bicyclic) bond motifs is 1. The van der Waals surface area contributed by atoms with Crippen LogP contribution in [0.3, 0.4) is 0 Å². The van der Waals surface area contributed by atoms with Gasteiger partial charge in [-0.1, -0.05) is 20.8 Å². The lowest BCUT2D eigenvalue weighted by Crippen LogP contribution is -3.00. The molecule has 1 amide bonds. The predicted octanol–water partition coefficient (Wildman–Crippen LogP) is 1.40. The molecule has 1 aromatic heterocycles. The molecule has 48 heavy (non-hydrogen) atoms. The molecule has 1 unspecified atom stereocenters. The SMILES string of the molecule is CCc1nn(-c2c(F)c(F)c(C(N)=O)c(NC3CCC(OC(=O)CC(C[N+](C)(C)C)OC(C)=O)CC3)c2F)c2c1C(=O)CC(C)(C)C2.[Cl-]. The van der Waals surface area contributed by atoms with E-state index in [4.69, 9.17) is 15.2 Å². The highest BCUT2D eigenvalue weighted by atomic mass is 35.5. The van der Waals surface area contributed by atoms with Gasteiger partial charge >= 0.3 is 11.9 Å². The quantitative estimate of drug-likeness (QED) is 0.204. The number of rotatable bonds is 11. The molecule has 2 aliphatic carbocycles. The lowest BCUT2D eigenvalue weighted by molar-refractivity contribution is -0.873. The lowest BCUT2D eigenvalue weighted by atomic mass is 9.75. The maximum Gasteiger partial charge on any atom is 0.310 e. The summed E-state index contributed by atoms with van der Waals surface area (Å²) in [7, 11) is 5.72. The molecule has 11 nitrogen and oxygen atoms in total. The largest absolute Gasteiger partial charge is 1.00 e. The lowest BCUT2D eigenvalue weighted by Gasteiger charge is -2.31. The van der Waals surface area contributed by atoms with Crippen molar-refractivity contribution in [2.75, 3.05) is 33.0 Å². The third-order valence-corrected chi connectivity index (χ3v) is 8.51. The fraction of sp³-hybridized carbons (Fsp3) is 0.606. The van der Waals surface area contributed by atoms with Crippen molar-refractivity contribution in [1.29, 1.82) is 0 Å². The number of anilines is 1. The zero-order chi connectivity index (χ0) is 35.0. The van der Waals surface area contributed by atoms with Gasteiger partial charge in [0.05, 0.1) is 50.2 Å². The van der Waals surface area contributed by atoms with Gasteiger partial charge in [-0.2, -0.15) is 5.10 Å². The number of amides is 1. The van der Waals surface area contributed by atoms with Crippen molar-refractivity contribution in [2.24, 2.45) is 11.1 Å². The van der Waals surface area contributed by atoms with E-state index in [-0.39, 0.29) is 48.7 Å². The number of ether oxygens (including phenoxy) is 2. The second kappa shape index (κ2) is 14.9. The van der Waals surface area contributed by atoms with Gasteiger partial charge in [0.2, 0.25) is 0 Å². The normalized spacial score (nSPS) is 19.5. The first-order chi connectivity index (χ1) is 21.8. The third kappa shape index (κ3) is 8.68. The number of hydrogen-bond donors (Lipinski definition) is 2. The monoisotopic (exact) mass is 699 g/mol. The molecule has 2 aromatic rings. The van der Waals surface area contributed by atoms with Gasteiger partial charge in [-0.15, -0.1) is 0 Å². The molecular weight excluding hydrogens is 655 g/mol. The first-order valence-corrected chi connectivity index (χ1v) is 15.9. The number of hydrogen-bond acceptors (Lipinski definition) is 8. The van der Waals surface area contributed by atoms with Crippen LogP contribution in [0.15, 0.2) is 0 Å². The molecule has 1 atom stereocenters. The summed E-state index contributed by atoms with van der Waals surface area (Å²) in [6.45, 7) is 7.14. The Morgan fingerprint density at radius 3 is 2.23 bits per heavy atom. The van der Waals surface area contributed by atoms with Gasteiger partial charge in [0.1, 0.15) is 23.9 Å². The fourth-order valence-corrected chi connectivity index (χ4v) is 6.60. The van der Waals surface area contributed by atoms with Crippen LogP contribution in [0.2, 0.25) is 0 Å². The standard InChI is InChI=1S/C33H44F3N5O6.ClH/c1-8-21-25-22(14-33(3,4)15-23(25)43)40(39-21)31-28(35)27(34)26(32(37)45)30(29(31)36)38-18-9-11-19(12-10-18)47-24(44)13-20(46-17(2)42)16-41(5,6)7;/h18-20H,8-16H2,1-7H3,(H2-,37,38,45);1H. The number of nitrogens with one attached hydrogen (secondary N) is 1. The van der Waals surface area contributed by atoms with Crippen molar-refractivity contribution in [1.82, 2.24) is 9.78 Å². The molecule has 1 fully saturated rings. The molecule has 2 aliphatic rings. The predicted molar refractivity (Wildman–Crippen MR) is 167 cm³/mol. The number of benzene rings is 1. The van der Waals surface area contributed by atoms with Gasteiger partial charge in [-0.3, -0.25) is 19.2 Å². The van der Waals surface area contributed by atoms with Crippen LogP contribution < -0.4 is 23.5 Å². The maximum atomic E-state index is 16.4. The van der Waals surface area contributed by atoms with Crippen molar-refractivity contribution < 1.29 is 58.7 Å². The minimum atomic E-state index is -1.64. The molecule has 4 rings (SSSR count). The van der Waals surface area contributed by atoms with Crippen LogP contribution in [0.1, 0.15) is 98.3 Å². The van der Waals surface area contributed by atoms with E-state index in [1.165, 1.54) is 6.92 Å². The number of primary amides is 1. The zero-order valence-corrected chi connectivity index (χ0v) is 29.2. The first-order valence-electron chi connectivity index (χ1n) is 15.9. The Kier molecular flexibility index (Phi) is 12.0. The van der Waals surface area contributed by atoms with Gasteiger partial charge in [-0.05, 0) is 43.9 Å². The molecule has 3 N–H and O–H groups in total. The molecule has 1 saturated carbocycles. The summed E-state index contributed by atoms with van der Waals surface area (Å²) in [4.78, 5) is 49.6. The Bertz CT molecular complexity index is 1580. The molecule has 0 bridgehead atoms. The number of ketones is 1. The number of halogens is 4. The molecule has 266 valence electrons. The molecule has 0 radical (unpaired) electrons. The first kappa shape index (κ1) is 38.8. The van der Waals surface area contributed by atoms with Gasteiger partial charge in [0.15, 0.2) is 29.3 Å². The van der Waals surface area contributed by atoms with Crippen LogP contribution in [-0.4, -0.2) is 83.8 Å². The van der Waals surface area contributed by atoms with Crippen LogP contribution in [-0.2, 0) is 31.9 Å². The van der Waals surface area contributed by atoms with Crippen LogP contribution >= 0.6 is 0 Å². The highest BCUT2D eigenvalue weighted by Gasteiger charge is 2.39. The Morgan fingerprint density at radius 2 is 1.69 bits per heavy atom. The number of carbonyl (C=O) groups excluding carboxylic acids is 4. The van der Waals surface area contributed by atoms with Gasteiger partial charge < -0.3 is 37.4 Å². The average Bonchev–Trinajstić information content (AvgIpc) is 3.28. The van der Waals surface area contributed by atoms with Crippen molar-refractivity contribution in [3.8, 4) is 5.69 Å². The highest BCUT2D eigenvalue weighted by Crippen LogP contribution is 2.40. The average molecular weight is 700 g/mol. The maximum absolute atomic E-state index is 16.4. The van der Waals surface area contributed by atoms with Crippen molar-refractivity contribution in [3.05, 3.63) is 40.0 Å². The van der Waals surface area contributed by atoms with E-state index in [0.29, 0.717) is 48.8 Å². The Labute approximate surface area is 284 Å². The Hall–Kier alpha value is -3.65. The molecule has 0 spiro atoms. The van der Waals surface area contributed by atoms with E-state index in [1.807, 2.05) is 35.0 Å². The summed E-state index contributed by atoms with van der Waals surface area (Å²) in [5.41, 5.74) is 3.40. The van der Waals surface area contributed by atoms with E-state index in [9.17, 15) is 19.2 Å². The second-order valence-corrected chi connectivity index (χ2v) is 14.4.